The van der Waals surface area contributed by atoms with Crippen LogP contribution in [0.1, 0.15) is 12.5 Å². The highest BCUT2D eigenvalue weighted by Gasteiger charge is 2.33. The number of alkyl halides is 3. The van der Waals surface area contributed by atoms with Crippen LogP contribution in [0, 0.1) is 0 Å². The average Bonchev–Trinajstić information content (AvgIpc) is 2.41. The van der Waals surface area contributed by atoms with Crippen LogP contribution in [-0.4, -0.2) is 43.0 Å². The van der Waals surface area contributed by atoms with Crippen LogP contribution >= 0.6 is 12.4 Å². The molecule has 124 valence electrons. The molecule has 1 aliphatic rings. The number of piperazine rings is 1. The number of anilines is 1. The first-order valence-electron chi connectivity index (χ1n) is 6.79. The van der Waals surface area contributed by atoms with Gasteiger partial charge in [-0.15, -0.1) is 12.4 Å². The van der Waals surface area contributed by atoms with Crippen molar-refractivity contribution in [2.24, 2.45) is 0 Å². The second-order valence-corrected chi connectivity index (χ2v) is 5.12. The number of nitrogens with one attached hydrogen (secondary N) is 2. The maximum absolute atomic E-state index is 12.8. The third-order valence-electron chi connectivity index (χ3n) is 3.49. The standard InChI is InChI=1S/C14H18F3N3O.ClH/c1-10-8-18-6-7-20(10)9-13(21)19-12-5-3-2-4-11(12)14(15,16)17;/h2-5,10,18H,6-9H2,1H3,(H,19,21);1H/t10-;/m1./s1. The highest BCUT2D eigenvalue weighted by molar-refractivity contribution is 5.93. The summed E-state index contributed by atoms with van der Waals surface area (Å²) in [5, 5.41) is 5.56. The van der Waals surface area contributed by atoms with Gasteiger partial charge in [0.15, 0.2) is 0 Å². The molecule has 1 saturated heterocycles. The Balaban J connectivity index is 0.00000242. The first kappa shape index (κ1) is 18.7. The van der Waals surface area contributed by atoms with Crippen LogP contribution in [0.5, 0.6) is 0 Å². The lowest BCUT2D eigenvalue weighted by atomic mass is 10.1. The fourth-order valence-corrected chi connectivity index (χ4v) is 2.33. The van der Waals surface area contributed by atoms with Gasteiger partial charge in [-0.1, -0.05) is 12.1 Å². The SMILES string of the molecule is C[C@@H]1CNCCN1CC(=O)Nc1ccccc1C(F)(F)F.Cl. The van der Waals surface area contributed by atoms with Crippen LogP contribution in [0.2, 0.25) is 0 Å². The number of rotatable bonds is 3. The van der Waals surface area contributed by atoms with Crippen molar-refractivity contribution >= 4 is 24.0 Å². The maximum atomic E-state index is 12.8. The molecular formula is C14H19ClF3N3O. The van der Waals surface area contributed by atoms with Gasteiger partial charge in [0.2, 0.25) is 5.91 Å². The van der Waals surface area contributed by atoms with E-state index in [-0.39, 0.29) is 30.7 Å². The van der Waals surface area contributed by atoms with E-state index in [1.54, 1.807) is 0 Å². The number of hydrogen-bond acceptors (Lipinski definition) is 3. The number of amides is 1. The predicted molar refractivity (Wildman–Crippen MR) is 81.2 cm³/mol. The highest BCUT2D eigenvalue weighted by atomic mass is 35.5. The Morgan fingerprint density at radius 3 is 2.73 bits per heavy atom. The van der Waals surface area contributed by atoms with Gasteiger partial charge < -0.3 is 10.6 Å². The van der Waals surface area contributed by atoms with Crippen molar-refractivity contribution in [3.63, 3.8) is 0 Å². The largest absolute Gasteiger partial charge is 0.418 e. The Bertz CT molecular complexity index is 510. The van der Waals surface area contributed by atoms with E-state index in [2.05, 4.69) is 10.6 Å². The van der Waals surface area contributed by atoms with E-state index in [1.165, 1.54) is 18.2 Å². The Labute approximate surface area is 133 Å². The predicted octanol–water partition coefficient (Wildman–Crippen LogP) is 2.36. The van der Waals surface area contributed by atoms with Gasteiger partial charge >= 0.3 is 6.18 Å². The molecule has 1 aromatic carbocycles. The molecule has 4 nitrogen and oxygen atoms in total. The van der Waals surface area contributed by atoms with Crippen LogP contribution in [0.25, 0.3) is 0 Å². The molecule has 1 heterocycles. The molecule has 0 aliphatic carbocycles. The number of nitrogens with zero attached hydrogens (tertiary/aromatic N) is 1. The number of hydrogen-bond donors (Lipinski definition) is 2. The van der Waals surface area contributed by atoms with Crippen LogP contribution in [0.3, 0.4) is 0 Å². The summed E-state index contributed by atoms with van der Waals surface area (Å²) in [5.41, 5.74) is -1.02. The minimum atomic E-state index is -4.48. The topological polar surface area (TPSA) is 44.4 Å². The molecule has 1 atom stereocenters. The normalized spacial score (nSPS) is 19.4. The Morgan fingerprint density at radius 1 is 1.41 bits per heavy atom. The molecule has 0 aromatic heterocycles. The van der Waals surface area contributed by atoms with Crippen LogP contribution in [0.15, 0.2) is 24.3 Å². The zero-order chi connectivity index (χ0) is 15.5. The summed E-state index contributed by atoms with van der Waals surface area (Å²) in [5.74, 6) is -0.430. The summed E-state index contributed by atoms with van der Waals surface area (Å²) in [7, 11) is 0. The van der Waals surface area contributed by atoms with Crippen molar-refractivity contribution in [3.8, 4) is 0 Å². The fraction of sp³-hybridized carbons (Fsp3) is 0.500. The lowest BCUT2D eigenvalue weighted by Crippen LogP contribution is -2.52. The number of carbonyl (C=O) groups excluding carboxylic acids is 1. The van der Waals surface area contributed by atoms with Gasteiger partial charge in [0.1, 0.15) is 0 Å². The molecule has 2 rings (SSSR count). The van der Waals surface area contributed by atoms with E-state index in [0.717, 1.165) is 19.2 Å². The van der Waals surface area contributed by atoms with E-state index in [1.807, 2.05) is 11.8 Å². The molecule has 1 aromatic rings. The molecule has 1 amide bonds. The molecule has 0 unspecified atom stereocenters. The van der Waals surface area contributed by atoms with Crippen molar-refractivity contribution < 1.29 is 18.0 Å². The fourth-order valence-electron chi connectivity index (χ4n) is 2.33. The molecule has 0 radical (unpaired) electrons. The Kier molecular flexibility index (Phi) is 6.65. The van der Waals surface area contributed by atoms with E-state index in [9.17, 15) is 18.0 Å². The van der Waals surface area contributed by atoms with Crippen molar-refractivity contribution in [2.75, 3.05) is 31.5 Å². The molecule has 0 spiro atoms. The van der Waals surface area contributed by atoms with Gasteiger partial charge in [-0.25, -0.2) is 0 Å². The molecular weight excluding hydrogens is 319 g/mol. The third-order valence-corrected chi connectivity index (χ3v) is 3.49. The molecule has 1 fully saturated rings. The quantitative estimate of drug-likeness (QED) is 0.890. The zero-order valence-electron chi connectivity index (χ0n) is 12.1. The smallest absolute Gasteiger partial charge is 0.324 e. The minimum Gasteiger partial charge on any atom is -0.324 e. The third kappa shape index (κ3) is 4.86. The van der Waals surface area contributed by atoms with Gasteiger partial charge in [0, 0.05) is 25.7 Å². The second kappa shape index (κ2) is 7.80. The van der Waals surface area contributed by atoms with Crippen molar-refractivity contribution in [1.82, 2.24) is 10.2 Å². The average molecular weight is 338 g/mol. The Hall–Kier alpha value is -1.31. The number of benzene rings is 1. The summed E-state index contributed by atoms with van der Waals surface area (Å²) in [6.07, 6.45) is -4.48. The van der Waals surface area contributed by atoms with E-state index < -0.39 is 17.6 Å². The highest BCUT2D eigenvalue weighted by Crippen LogP contribution is 2.34. The molecule has 0 saturated carbocycles. The molecule has 8 heteroatoms. The monoisotopic (exact) mass is 337 g/mol. The summed E-state index contributed by atoms with van der Waals surface area (Å²) in [4.78, 5) is 13.9. The number of carbonyl (C=O) groups is 1. The molecule has 1 aliphatic heterocycles. The van der Waals surface area contributed by atoms with Crippen molar-refractivity contribution in [2.45, 2.75) is 19.1 Å². The molecule has 22 heavy (non-hydrogen) atoms. The number of para-hydroxylation sites is 1. The first-order chi connectivity index (χ1) is 9.88. The van der Waals surface area contributed by atoms with Gasteiger partial charge in [-0.2, -0.15) is 13.2 Å². The number of halogens is 4. The first-order valence-corrected chi connectivity index (χ1v) is 6.79. The summed E-state index contributed by atoms with van der Waals surface area (Å²) in [6.45, 7) is 4.32. The summed E-state index contributed by atoms with van der Waals surface area (Å²) >= 11 is 0. The van der Waals surface area contributed by atoms with Gasteiger partial charge in [0.25, 0.3) is 0 Å². The molecule has 0 bridgehead atoms. The molecule has 2 N–H and O–H groups in total. The van der Waals surface area contributed by atoms with Crippen molar-refractivity contribution in [1.29, 1.82) is 0 Å². The van der Waals surface area contributed by atoms with Gasteiger partial charge in [0.05, 0.1) is 17.8 Å². The lowest BCUT2D eigenvalue weighted by Gasteiger charge is -2.33. The van der Waals surface area contributed by atoms with Crippen LogP contribution < -0.4 is 10.6 Å². The van der Waals surface area contributed by atoms with E-state index in [0.29, 0.717) is 6.54 Å². The second-order valence-electron chi connectivity index (χ2n) is 5.12. The van der Waals surface area contributed by atoms with Crippen LogP contribution in [0.4, 0.5) is 18.9 Å². The summed E-state index contributed by atoms with van der Waals surface area (Å²) in [6, 6.07) is 5.18. The Morgan fingerprint density at radius 2 is 2.09 bits per heavy atom. The lowest BCUT2D eigenvalue weighted by molar-refractivity contribution is -0.137. The zero-order valence-corrected chi connectivity index (χ0v) is 12.9. The van der Waals surface area contributed by atoms with Crippen LogP contribution in [-0.2, 0) is 11.0 Å². The van der Waals surface area contributed by atoms with Gasteiger partial charge in [-0.3, -0.25) is 9.69 Å². The maximum Gasteiger partial charge on any atom is 0.418 e. The van der Waals surface area contributed by atoms with E-state index in [4.69, 9.17) is 0 Å². The van der Waals surface area contributed by atoms with Crippen molar-refractivity contribution in [3.05, 3.63) is 29.8 Å². The van der Waals surface area contributed by atoms with Gasteiger partial charge in [-0.05, 0) is 19.1 Å². The van der Waals surface area contributed by atoms with E-state index >= 15 is 0 Å². The minimum absolute atomic E-state index is 0. The summed E-state index contributed by atoms with van der Waals surface area (Å²) < 4.78 is 38.5.